The summed E-state index contributed by atoms with van der Waals surface area (Å²) in [4.78, 5) is 17.1. The summed E-state index contributed by atoms with van der Waals surface area (Å²) in [7, 11) is 0. The zero-order valence-corrected chi connectivity index (χ0v) is 15.6. The molecule has 3 rings (SSSR count). The third-order valence-electron chi connectivity index (χ3n) is 4.93. The van der Waals surface area contributed by atoms with E-state index in [9.17, 15) is 4.79 Å². The largest absolute Gasteiger partial charge is 0.455 e. The van der Waals surface area contributed by atoms with Crippen LogP contribution in [0.15, 0.2) is 9.52 Å². The van der Waals surface area contributed by atoms with Crippen molar-refractivity contribution in [3.05, 3.63) is 22.6 Å². The third kappa shape index (κ3) is 3.69. The van der Waals surface area contributed by atoms with Crippen LogP contribution in [0.25, 0.3) is 0 Å². The van der Waals surface area contributed by atoms with Crippen LogP contribution in [0.1, 0.15) is 47.2 Å². The van der Waals surface area contributed by atoms with Gasteiger partial charge in [0.1, 0.15) is 5.76 Å². The molecule has 0 unspecified atom stereocenters. The predicted molar refractivity (Wildman–Crippen MR) is 101 cm³/mol. The Morgan fingerprint density at radius 1 is 1.32 bits per heavy atom. The van der Waals surface area contributed by atoms with Crippen LogP contribution in [0.3, 0.4) is 0 Å². The Morgan fingerprint density at radius 3 is 2.68 bits per heavy atom. The van der Waals surface area contributed by atoms with E-state index in [-0.39, 0.29) is 11.0 Å². The number of carbonyl (C=O) groups is 1. The van der Waals surface area contributed by atoms with Gasteiger partial charge in [-0.05, 0) is 38.5 Å². The van der Waals surface area contributed by atoms with E-state index in [0.717, 1.165) is 74.6 Å². The molecule has 8 heteroatoms. The SMILES string of the molecule is CCN1CCN(C(=O)c2oc3c(c2C)/C(=N/NC(N)=S)CCC3)CC1. The van der Waals surface area contributed by atoms with Crippen molar-refractivity contribution in [2.45, 2.75) is 33.1 Å². The van der Waals surface area contributed by atoms with Crippen LogP contribution in [0.4, 0.5) is 0 Å². The number of thiocarbonyl (C=S) groups is 1. The molecule has 1 saturated heterocycles. The van der Waals surface area contributed by atoms with Gasteiger partial charge in [-0.3, -0.25) is 10.2 Å². The lowest BCUT2D eigenvalue weighted by Gasteiger charge is -2.33. The van der Waals surface area contributed by atoms with Crippen molar-refractivity contribution in [3.8, 4) is 0 Å². The van der Waals surface area contributed by atoms with Crippen molar-refractivity contribution in [2.24, 2.45) is 10.8 Å². The number of amides is 1. The molecule has 0 bridgehead atoms. The fourth-order valence-electron chi connectivity index (χ4n) is 3.52. The summed E-state index contributed by atoms with van der Waals surface area (Å²) in [6, 6.07) is 0. The highest BCUT2D eigenvalue weighted by atomic mass is 32.1. The molecule has 25 heavy (non-hydrogen) atoms. The Kier molecular flexibility index (Phi) is 5.39. The van der Waals surface area contributed by atoms with E-state index in [2.05, 4.69) is 22.4 Å². The number of hydrogen-bond acceptors (Lipinski definition) is 5. The molecular weight excluding hydrogens is 338 g/mol. The van der Waals surface area contributed by atoms with Crippen molar-refractivity contribution in [1.29, 1.82) is 0 Å². The van der Waals surface area contributed by atoms with E-state index in [1.165, 1.54) is 0 Å². The van der Waals surface area contributed by atoms with Crippen molar-refractivity contribution in [1.82, 2.24) is 15.2 Å². The third-order valence-corrected chi connectivity index (χ3v) is 5.02. The Bertz CT molecular complexity index is 704. The maximum absolute atomic E-state index is 12.9. The normalized spacial score (nSPS) is 19.8. The first-order chi connectivity index (χ1) is 12.0. The van der Waals surface area contributed by atoms with Gasteiger partial charge < -0.3 is 20.0 Å². The number of furan rings is 1. The number of nitrogens with one attached hydrogen (secondary N) is 1. The second kappa shape index (κ2) is 7.53. The van der Waals surface area contributed by atoms with Gasteiger partial charge in [-0.15, -0.1) is 0 Å². The molecule has 0 aromatic carbocycles. The Hall–Kier alpha value is -1.93. The lowest BCUT2D eigenvalue weighted by atomic mass is 9.93. The molecule has 1 aromatic heterocycles. The average Bonchev–Trinajstić information content (AvgIpc) is 2.97. The van der Waals surface area contributed by atoms with Gasteiger partial charge in [-0.1, -0.05) is 6.92 Å². The van der Waals surface area contributed by atoms with Crippen LogP contribution >= 0.6 is 12.2 Å². The van der Waals surface area contributed by atoms with E-state index in [1.54, 1.807) is 0 Å². The van der Waals surface area contributed by atoms with Crippen LogP contribution < -0.4 is 11.2 Å². The van der Waals surface area contributed by atoms with Gasteiger partial charge in [0.05, 0.1) is 5.71 Å². The highest BCUT2D eigenvalue weighted by Crippen LogP contribution is 2.30. The maximum atomic E-state index is 12.9. The molecule has 2 heterocycles. The molecule has 7 nitrogen and oxygen atoms in total. The number of fused-ring (bicyclic) bond motifs is 1. The van der Waals surface area contributed by atoms with Crippen LogP contribution in [0.2, 0.25) is 0 Å². The number of hydrogen-bond donors (Lipinski definition) is 2. The van der Waals surface area contributed by atoms with Crippen LogP contribution in [0.5, 0.6) is 0 Å². The molecule has 2 aliphatic rings. The van der Waals surface area contributed by atoms with E-state index in [1.807, 2.05) is 11.8 Å². The van der Waals surface area contributed by atoms with Gasteiger partial charge in [0.25, 0.3) is 5.91 Å². The number of rotatable bonds is 3. The predicted octanol–water partition coefficient (Wildman–Crippen LogP) is 1.24. The molecule has 0 spiro atoms. The molecule has 3 N–H and O–H groups in total. The molecular formula is C17H25N5O2S. The lowest BCUT2D eigenvalue weighted by molar-refractivity contribution is 0.0609. The Morgan fingerprint density at radius 2 is 2.04 bits per heavy atom. The minimum atomic E-state index is -0.0238. The Balaban J connectivity index is 1.83. The number of nitrogens with zero attached hydrogens (tertiary/aromatic N) is 3. The molecule has 0 radical (unpaired) electrons. The van der Waals surface area contributed by atoms with Crippen molar-refractivity contribution >= 4 is 28.9 Å². The van der Waals surface area contributed by atoms with E-state index in [4.69, 9.17) is 22.4 Å². The zero-order chi connectivity index (χ0) is 18.0. The molecule has 0 saturated carbocycles. The minimum Gasteiger partial charge on any atom is -0.455 e. The monoisotopic (exact) mass is 363 g/mol. The molecule has 1 amide bonds. The van der Waals surface area contributed by atoms with Crippen LogP contribution in [-0.4, -0.2) is 59.3 Å². The maximum Gasteiger partial charge on any atom is 0.289 e. The average molecular weight is 363 g/mol. The number of carbonyl (C=O) groups excluding carboxylic acids is 1. The van der Waals surface area contributed by atoms with Gasteiger partial charge in [0, 0.05) is 43.7 Å². The first-order valence-corrected chi connectivity index (χ1v) is 9.18. The lowest BCUT2D eigenvalue weighted by Crippen LogP contribution is -2.48. The van der Waals surface area contributed by atoms with Gasteiger partial charge in [0.2, 0.25) is 0 Å². The molecule has 1 fully saturated rings. The summed E-state index contributed by atoms with van der Waals surface area (Å²) >= 11 is 4.82. The summed E-state index contributed by atoms with van der Waals surface area (Å²) in [5, 5.41) is 4.43. The van der Waals surface area contributed by atoms with Gasteiger partial charge in [-0.2, -0.15) is 5.10 Å². The first-order valence-electron chi connectivity index (χ1n) is 8.77. The number of aryl methyl sites for hydroxylation is 1. The second-order valence-electron chi connectivity index (χ2n) is 6.47. The van der Waals surface area contributed by atoms with Crippen molar-refractivity contribution in [3.63, 3.8) is 0 Å². The fourth-order valence-corrected chi connectivity index (χ4v) is 3.56. The first kappa shape index (κ1) is 17.9. The van der Waals surface area contributed by atoms with Crippen LogP contribution in [-0.2, 0) is 6.42 Å². The second-order valence-corrected chi connectivity index (χ2v) is 6.91. The van der Waals surface area contributed by atoms with Crippen molar-refractivity contribution in [2.75, 3.05) is 32.7 Å². The van der Waals surface area contributed by atoms with Gasteiger partial charge in [-0.25, -0.2) is 0 Å². The van der Waals surface area contributed by atoms with Crippen LogP contribution in [0, 0.1) is 6.92 Å². The molecule has 1 aliphatic carbocycles. The zero-order valence-electron chi connectivity index (χ0n) is 14.8. The highest BCUT2D eigenvalue weighted by molar-refractivity contribution is 7.80. The topological polar surface area (TPSA) is 87.1 Å². The van der Waals surface area contributed by atoms with E-state index in [0.29, 0.717) is 5.76 Å². The summed E-state index contributed by atoms with van der Waals surface area (Å²) in [5.41, 5.74) is 10.8. The highest BCUT2D eigenvalue weighted by Gasteiger charge is 2.31. The number of piperazine rings is 1. The van der Waals surface area contributed by atoms with Crippen molar-refractivity contribution < 1.29 is 9.21 Å². The molecule has 1 aromatic rings. The number of likely N-dealkylation sites (N-methyl/N-ethyl adjacent to an activating group) is 1. The molecule has 136 valence electrons. The summed E-state index contributed by atoms with van der Waals surface area (Å²) in [5.74, 6) is 1.26. The minimum absolute atomic E-state index is 0.0238. The smallest absolute Gasteiger partial charge is 0.289 e. The quantitative estimate of drug-likeness (QED) is 0.621. The molecule has 1 aliphatic heterocycles. The number of nitrogens with two attached hydrogens (primary N) is 1. The fraction of sp³-hybridized carbons (Fsp3) is 0.588. The summed E-state index contributed by atoms with van der Waals surface area (Å²) < 4.78 is 5.96. The summed E-state index contributed by atoms with van der Waals surface area (Å²) in [6.45, 7) is 8.39. The Labute approximate surface area is 153 Å². The van der Waals surface area contributed by atoms with Gasteiger partial charge in [0.15, 0.2) is 10.9 Å². The number of hydrazone groups is 1. The van der Waals surface area contributed by atoms with E-state index >= 15 is 0 Å². The standard InChI is InChI=1S/C17H25N5O2S/c1-3-21-7-9-22(10-8-21)16(23)15-11(2)14-12(19-20-17(18)25)5-4-6-13(14)24-15/h3-10H2,1-2H3,(H3,18,20,25)/b19-12+. The van der Waals surface area contributed by atoms with E-state index < -0.39 is 0 Å². The van der Waals surface area contributed by atoms with Gasteiger partial charge >= 0.3 is 0 Å². The summed E-state index contributed by atoms with van der Waals surface area (Å²) in [6.07, 6.45) is 2.56. The molecule has 0 atom stereocenters.